The van der Waals surface area contributed by atoms with E-state index in [1.165, 1.54) is 12.3 Å². The zero-order chi connectivity index (χ0) is 10.6. The summed E-state index contributed by atoms with van der Waals surface area (Å²) >= 11 is 0. The lowest BCUT2D eigenvalue weighted by molar-refractivity contribution is 0.615. The summed E-state index contributed by atoms with van der Waals surface area (Å²) in [7, 11) is 3.78. The maximum Gasteiger partial charge on any atom is 0.141 e. The lowest BCUT2D eigenvalue weighted by atomic mass is 10.2. The number of nitrogens with one attached hydrogen (secondary N) is 1. The van der Waals surface area contributed by atoms with E-state index in [1.807, 2.05) is 25.9 Å². The van der Waals surface area contributed by atoms with Crippen molar-refractivity contribution in [3.05, 3.63) is 23.6 Å². The minimum absolute atomic E-state index is 0.288. The maximum absolute atomic E-state index is 12.9. The molecule has 0 amide bonds. The first-order valence-electron chi connectivity index (χ1n) is 4.69. The molecule has 1 heterocycles. The standard InChI is InChI=1S/C10H16FN3/c1-4-14(3)10-8(6-12-2)5-9(11)7-13-10/h5,7,12H,4,6H2,1-3H3. The SMILES string of the molecule is CCN(C)c1ncc(F)cc1CNC. The van der Waals surface area contributed by atoms with Crippen molar-refractivity contribution in [3.63, 3.8) is 0 Å². The molecule has 1 N–H and O–H groups in total. The molecule has 0 aliphatic heterocycles. The number of pyridine rings is 1. The lowest BCUT2D eigenvalue weighted by Gasteiger charge is -2.19. The van der Waals surface area contributed by atoms with E-state index in [-0.39, 0.29) is 5.82 Å². The Bertz CT molecular complexity index is 301. The van der Waals surface area contributed by atoms with Gasteiger partial charge in [0.25, 0.3) is 0 Å². The van der Waals surface area contributed by atoms with Crippen molar-refractivity contribution in [2.75, 3.05) is 25.5 Å². The van der Waals surface area contributed by atoms with Crippen molar-refractivity contribution in [3.8, 4) is 0 Å². The molecular formula is C10H16FN3. The van der Waals surface area contributed by atoms with Crippen LogP contribution in [0.3, 0.4) is 0 Å². The number of anilines is 1. The molecule has 4 heteroatoms. The van der Waals surface area contributed by atoms with Crippen LogP contribution in [0, 0.1) is 5.82 Å². The first-order chi connectivity index (χ1) is 6.69. The van der Waals surface area contributed by atoms with Gasteiger partial charge < -0.3 is 10.2 Å². The Morgan fingerprint density at radius 2 is 2.29 bits per heavy atom. The minimum atomic E-state index is -0.288. The highest BCUT2D eigenvalue weighted by molar-refractivity contribution is 5.45. The number of hydrogen-bond acceptors (Lipinski definition) is 3. The van der Waals surface area contributed by atoms with Crippen LogP contribution >= 0.6 is 0 Å². The van der Waals surface area contributed by atoms with E-state index in [2.05, 4.69) is 10.3 Å². The van der Waals surface area contributed by atoms with Gasteiger partial charge in [-0.25, -0.2) is 9.37 Å². The van der Waals surface area contributed by atoms with Crippen molar-refractivity contribution >= 4 is 5.82 Å². The molecule has 14 heavy (non-hydrogen) atoms. The van der Waals surface area contributed by atoms with E-state index in [0.29, 0.717) is 6.54 Å². The van der Waals surface area contributed by atoms with Gasteiger partial charge in [-0.1, -0.05) is 0 Å². The average Bonchev–Trinajstić information content (AvgIpc) is 2.17. The van der Waals surface area contributed by atoms with Crippen LogP contribution in [0.15, 0.2) is 12.3 Å². The summed E-state index contributed by atoms with van der Waals surface area (Å²) in [6.07, 6.45) is 1.25. The number of halogens is 1. The highest BCUT2D eigenvalue weighted by Gasteiger charge is 2.08. The highest BCUT2D eigenvalue weighted by Crippen LogP contribution is 2.16. The molecule has 0 saturated heterocycles. The molecule has 1 aromatic heterocycles. The van der Waals surface area contributed by atoms with E-state index in [9.17, 15) is 4.39 Å². The predicted molar refractivity (Wildman–Crippen MR) is 55.9 cm³/mol. The second kappa shape index (κ2) is 4.91. The fourth-order valence-electron chi connectivity index (χ4n) is 1.29. The molecule has 0 aliphatic carbocycles. The molecule has 0 saturated carbocycles. The normalized spacial score (nSPS) is 10.3. The summed E-state index contributed by atoms with van der Waals surface area (Å²) in [5.41, 5.74) is 0.886. The van der Waals surface area contributed by atoms with Gasteiger partial charge in [-0.3, -0.25) is 0 Å². The summed E-state index contributed by atoms with van der Waals surface area (Å²) in [5.74, 6) is 0.548. The zero-order valence-electron chi connectivity index (χ0n) is 8.84. The quantitative estimate of drug-likeness (QED) is 0.790. The Kier molecular flexibility index (Phi) is 3.83. The van der Waals surface area contributed by atoms with E-state index < -0.39 is 0 Å². The largest absolute Gasteiger partial charge is 0.360 e. The molecule has 0 spiro atoms. The maximum atomic E-state index is 12.9. The van der Waals surface area contributed by atoms with Crippen LogP contribution in [0.1, 0.15) is 12.5 Å². The van der Waals surface area contributed by atoms with Gasteiger partial charge in [-0.05, 0) is 20.0 Å². The van der Waals surface area contributed by atoms with Gasteiger partial charge in [0.1, 0.15) is 11.6 Å². The van der Waals surface area contributed by atoms with Crippen molar-refractivity contribution in [1.29, 1.82) is 0 Å². The Balaban J connectivity index is 3.01. The summed E-state index contributed by atoms with van der Waals surface area (Å²) < 4.78 is 12.9. The molecule has 0 atom stereocenters. The smallest absolute Gasteiger partial charge is 0.141 e. The van der Waals surface area contributed by atoms with Crippen LogP contribution in [0.5, 0.6) is 0 Å². The number of hydrogen-bond donors (Lipinski definition) is 1. The third kappa shape index (κ3) is 2.42. The van der Waals surface area contributed by atoms with Gasteiger partial charge in [-0.15, -0.1) is 0 Å². The van der Waals surface area contributed by atoms with E-state index in [4.69, 9.17) is 0 Å². The molecule has 0 aliphatic rings. The summed E-state index contributed by atoms with van der Waals surface area (Å²) in [6, 6.07) is 1.52. The van der Waals surface area contributed by atoms with Crippen molar-refractivity contribution in [2.24, 2.45) is 0 Å². The third-order valence-corrected chi connectivity index (χ3v) is 2.11. The third-order valence-electron chi connectivity index (χ3n) is 2.11. The number of aromatic nitrogens is 1. The molecule has 0 bridgehead atoms. The van der Waals surface area contributed by atoms with E-state index in [0.717, 1.165) is 17.9 Å². The first-order valence-corrected chi connectivity index (χ1v) is 4.69. The van der Waals surface area contributed by atoms with Crippen molar-refractivity contribution in [1.82, 2.24) is 10.3 Å². The van der Waals surface area contributed by atoms with E-state index in [1.54, 1.807) is 0 Å². The van der Waals surface area contributed by atoms with Crippen LogP contribution in [-0.2, 0) is 6.54 Å². The molecule has 0 radical (unpaired) electrons. The van der Waals surface area contributed by atoms with Gasteiger partial charge in [0.15, 0.2) is 0 Å². The van der Waals surface area contributed by atoms with Crippen LogP contribution in [0.25, 0.3) is 0 Å². The van der Waals surface area contributed by atoms with Gasteiger partial charge in [0.2, 0.25) is 0 Å². The molecule has 3 nitrogen and oxygen atoms in total. The molecule has 0 unspecified atom stereocenters. The topological polar surface area (TPSA) is 28.2 Å². The summed E-state index contributed by atoms with van der Waals surface area (Å²) in [5, 5.41) is 3.00. The second-order valence-corrected chi connectivity index (χ2v) is 3.18. The van der Waals surface area contributed by atoms with Gasteiger partial charge >= 0.3 is 0 Å². The second-order valence-electron chi connectivity index (χ2n) is 3.18. The summed E-state index contributed by atoms with van der Waals surface area (Å²) in [6.45, 7) is 3.52. The Labute approximate surface area is 84.0 Å². The monoisotopic (exact) mass is 197 g/mol. The molecule has 78 valence electrons. The van der Waals surface area contributed by atoms with Crippen LogP contribution in [-0.4, -0.2) is 25.6 Å². The number of rotatable bonds is 4. The van der Waals surface area contributed by atoms with Crippen molar-refractivity contribution in [2.45, 2.75) is 13.5 Å². The first kappa shape index (κ1) is 10.9. The Morgan fingerprint density at radius 3 is 2.86 bits per heavy atom. The van der Waals surface area contributed by atoms with Crippen LogP contribution < -0.4 is 10.2 Å². The van der Waals surface area contributed by atoms with Gasteiger partial charge in [-0.2, -0.15) is 0 Å². The zero-order valence-corrected chi connectivity index (χ0v) is 8.84. The van der Waals surface area contributed by atoms with Gasteiger partial charge in [0, 0.05) is 25.7 Å². The minimum Gasteiger partial charge on any atom is -0.360 e. The fraction of sp³-hybridized carbons (Fsp3) is 0.500. The molecule has 1 aromatic rings. The molecule has 0 fully saturated rings. The fourth-order valence-corrected chi connectivity index (χ4v) is 1.29. The Hall–Kier alpha value is -1.16. The number of nitrogens with zero attached hydrogens (tertiary/aromatic N) is 2. The Morgan fingerprint density at radius 1 is 1.57 bits per heavy atom. The summed E-state index contributed by atoms with van der Waals surface area (Å²) in [4.78, 5) is 6.07. The predicted octanol–water partition coefficient (Wildman–Crippen LogP) is 1.40. The van der Waals surface area contributed by atoms with Crippen molar-refractivity contribution < 1.29 is 4.39 Å². The molecular weight excluding hydrogens is 181 g/mol. The molecule has 1 rings (SSSR count). The highest BCUT2D eigenvalue weighted by atomic mass is 19.1. The average molecular weight is 197 g/mol. The van der Waals surface area contributed by atoms with Crippen LogP contribution in [0.2, 0.25) is 0 Å². The molecule has 0 aromatic carbocycles. The van der Waals surface area contributed by atoms with Crippen LogP contribution in [0.4, 0.5) is 10.2 Å². The van der Waals surface area contributed by atoms with Gasteiger partial charge in [0.05, 0.1) is 6.20 Å². The van der Waals surface area contributed by atoms with E-state index >= 15 is 0 Å². The lowest BCUT2D eigenvalue weighted by Crippen LogP contribution is -2.21.